The number of hydrogen-bond acceptors (Lipinski definition) is 3. The number of nitrogens with one attached hydrogen (secondary N) is 1. The fraction of sp³-hybridized carbons (Fsp3) is 0.500. The summed E-state index contributed by atoms with van der Waals surface area (Å²) in [6.45, 7) is 4.13. The molecule has 94 valence electrons. The molecule has 0 spiro atoms. The summed E-state index contributed by atoms with van der Waals surface area (Å²) < 4.78 is 4.74. The standard InChI is InChI=1S/C14H21NO2/c1-5-11-6-8-12(9-7-11)14(2,15-3)10-13(16)17-4/h6-9,15H,5,10H2,1-4H3. The average molecular weight is 235 g/mol. The van der Waals surface area contributed by atoms with E-state index in [0.29, 0.717) is 6.42 Å². The number of rotatable bonds is 5. The summed E-state index contributed by atoms with van der Waals surface area (Å²) in [6, 6.07) is 8.33. The van der Waals surface area contributed by atoms with Gasteiger partial charge in [0.25, 0.3) is 0 Å². The molecule has 0 saturated carbocycles. The molecule has 0 saturated heterocycles. The third-order valence-electron chi connectivity index (χ3n) is 3.28. The van der Waals surface area contributed by atoms with E-state index in [1.807, 2.05) is 14.0 Å². The second-order valence-corrected chi connectivity index (χ2v) is 4.39. The fourth-order valence-corrected chi connectivity index (χ4v) is 1.80. The Morgan fingerprint density at radius 1 is 1.35 bits per heavy atom. The highest BCUT2D eigenvalue weighted by Gasteiger charge is 2.28. The van der Waals surface area contributed by atoms with Gasteiger partial charge in [0.1, 0.15) is 0 Å². The summed E-state index contributed by atoms with van der Waals surface area (Å²) in [5, 5.41) is 3.20. The van der Waals surface area contributed by atoms with Crippen molar-refractivity contribution in [3.8, 4) is 0 Å². The van der Waals surface area contributed by atoms with E-state index >= 15 is 0 Å². The van der Waals surface area contributed by atoms with Gasteiger partial charge in [0, 0.05) is 0 Å². The SMILES string of the molecule is CCc1ccc(C(C)(CC(=O)OC)NC)cc1. The molecule has 17 heavy (non-hydrogen) atoms. The van der Waals surface area contributed by atoms with Gasteiger partial charge in [-0.05, 0) is 31.5 Å². The van der Waals surface area contributed by atoms with Gasteiger partial charge in [0.2, 0.25) is 0 Å². The number of ether oxygens (including phenoxy) is 1. The minimum atomic E-state index is -0.376. The zero-order valence-corrected chi connectivity index (χ0v) is 11.0. The molecule has 1 aromatic carbocycles. The van der Waals surface area contributed by atoms with E-state index in [4.69, 9.17) is 4.74 Å². The summed E-state index contributed by atoms with van der Waals surface area (Å²) in [4.78, 5) is 11.4. The molecule has 0 amide bonds. The first-order valence-electron chi connectivity index (χ1n) is 5.91. The Bertz CT molecular complexity index is 372. The Kier molecular flexibility index (Phi) is 4.70. The molecule has 0 heterocycles. The molecule has 0 aromatic heterocycles. The van der Waals surface area contributed by atoms with Gasteiger partial charge >= 0.3 is 5.97 Å². The molecule has 0 aliphatic rings. The van der Waals surface area contributed by atoms with Crippen molar-refractivity contribution in [2.45, 2.75) is 32.2 Å². The number of hydrogen-bond donors (Lipinski definition) is 1. The Hall–Kier alpha value is -1.35. The summed E-state index contributed by atoms with van der Waals surface area (Å²) >= 11 is 0. The summed E-state index contributed by atoms with van der Waals surface area (Å²) in [6.07, 6.45) is 1.35. The normalized spacial score (nSPS) is 14.1. The topological polar surface area (TPSA) is 38.3 Å². The molecule has 0 aliphatic carbocycles. The Morgan fingerprint density at radius 3 is 2.35 bits per heavy atom. The smallest absolute Gasteiger partial charge is 0.307 e. The Balaban J connectivity index is 2.94. The van der Waals surface area contributed by atoms with Gasteiger partial charge in [-0.3, -0.25) is 4.79 Å². The van der Waals surface area contributed by atoms with Crippen LogP contribution in [0, 0.1) is 0 Å². The summed E-state index contributed by atoms with van der Waals surface area (Å²) in [5.41, 5.74) is 2.02. The maximum atomic E-state index is 11.4. The van der Waals surface area contributed by atoms with Crippen LogP contribution in [0.3, 0.4) is 0 Å². The molecule has 1 aromatic rings. The number of aryl methyl sites for hydroxylation is 1. The number of carbonyl (C=O) groups is 1. The maximum Gasteiger partial charge on any atom is 0.307 e. The molecule has 3 nitrogen and oxygen atoms in total. The van der Waals surface area contributed by atoms with Gasteiger partial charge in [0.15, 0.2) is 0 Å². The second kappa shape index (κ2) is 5.82. The Labute approximate surface area is 103 Å². The highest BCUT2D eigenvalue weighted by Crippen LogP contribution is 2.25. The Morgan fingerprint density at radius 2 is 1.94 bits per heavy atom. The van der Waals surface area contributed by atoms with Crippen molar-refractivity contribution in [3.63, 3.8) is 0 Å². The van der Waals surface area contributed by atoms with Gasteiger partial charge in [-0.2, -0.15) is 0 Å². The van der Waals surface area contributed by atoms with Gasteiger partial charge in [-0.15, -0.1) is 0 Å². The van der Waals surface area contributed by atoms with Gasteiger partial charge in [-0.1, -0.05) is 31.2 Å². The lowest BCUT2D eigenvalue weighted by Gasteiger charge is -2.28. The summed E-state index contributed by atoms with van der Waals surface area (Å²) in [5.74, 6) is -0.207. The van der Waals surface area contributed by atoms with Crippen molar-refractivity contribution < 1.29 is 9.53 Å². The van der Waals surface area contributed by atoms with Gasteiger partial charge < -0.3 is 10.1 Å². The monoisotopic (exact) mass is 235 g/mol. The van der Waals surface area contributed by atoms with Crippen molar-refractivity contribution in [1.82, 2.24) is 5.32 Å². The molecular formula is C14H21NO2. The van der Waals surface area contributed by atoms with E-state index in [9.17, 15) is 4.79 Å². The minimum absolute atomic E-state index is 0.207. The highest BCUT2D eigenvalue weighted by atomic mass is 16.5. The predicted octanol–water partition coefficient (Wildman–Crippen LogP) is 2.25. The molecule has 1 N–H and O–H groups in total. The zero-order valence-electron chi connectivity index (χ0n) is 11.0. The second-order valence-electron chi connectivity index (χ2n) is 4.39. The van der Waals surface area contributed by atoms with Crippen LogP contribution in [0.25, 0.3) is 0 Å². The number of benzene rings is 1. The van der Waals surface area contributed by atoms with Crippen LogP contribution in [0.5, 0.6) is 0 Å². The molecule has 1 atom stereocenters. The molecule has 1 unspecified atom stereocenters. The van der Waals surface area contributed by atoms with Crippen molar-refractivity contribution in [2.75, 3.05) is 14.2 Å². The van der Waals surface area contributed by atoms with Crippen LogP contribution in [0.2, 0.25) is 0 Å². The van der Waals surface area contributed by atoms with E-state index in [2.05, 4.69) is 36.5 Å². The third kappa shape index (κ3) is 3.30. The van der Waals surface area contributed by atoms with E-state index in [1.54, 1.807) is 0 Å². The minimum Gasteiger partial charge on any atom is -0.469 e. The average Bonchev–Trinajstić information content (AvgIpc) is 2.38. The van der Waals surface area contributed by atoms with Crippen molar-refractivity contribution >= 4 is 5.97 Å². The molecule has 0 bridgehead atoms. The highest BCUT2D eigenvalue weighted by molar-refractivity contribution is 5.71. The lowest BCUT2D eigenvalue weighted by Crippen LogP contribution is -2.39. The fourth-order valence-electron chi connectivity index (χ4n) is 1.80. The quantitative estimate of drug-likeness (QED) is 0.795. The lowest BCUT2D eigenvalue weighted by atomic mass is 9.88. The first-order chi connectivity index (χ1) is 8.05. The molecule has 0 aliphatic heterocycles. The van der Waals surface area contributed by atoms with Crippen LogP contribution in [-0.4, -0.2) is 20.1 Å². The zero-order chi connectivity index (χ0) is 12.9. The first-order valence-corrected chi connectivity index (χ1v) is 5.91. The van der Waals surface area contributed by atoms with Crippen molar-refractivity contribution in [2.24, 2.45) is 0 Å². The van der Waals surface area contributed by atoms with Crippen LogP contribution in [-0.2, 0) is 21.5 Å². The van der Waals surface area contributed by atoms with Gasteiger partial charge in [-0.25, -0.2) is 0 Å². The molecule has 0 fully saturated rings. The van der Waals surface area contributed by atoms with Crippen LogP contribution in [0.1, 0.15) is 31.4 Å². The van der Waals surface area contributed by atoms with E-state index in [1.165, 1.54) is 12.7 Å². The first kappa shape index (κ1) is 13.7. The number of methoxy groups -OCH3 is 1. The largest absolute Gasteiger partial charge is 0.469 e. The van der Waals surface area contributed by atoms with E-state index in [0.717, 1.165) is 12.0 Å². The summed E-state index contributed by atoms with van der Waals surface area (Å²) in [7, 11) is 3.27. The van der Waals surface area contributed by atoms with Gasteiger partial charge in [0.05, 0.1) is 19.1 Å². The van der Waals surface area contributed by atoms with Crippen LogP contribution < -0.4 is 5.32 Å². The van der Waals surface area contributed by atoms with Crippen molar-refractivity contribution in [1.29, 1.82) is 0 Å². The van der Waals surface area contributed by atoms with Crippen LogP contribution in [0.4, 0.5) is 0 Å². The van der Waals surface area contributed by atoms with E-state index in [-0.39, 0.29) is 11.5 Å². The number of carbonyl (C=O) groups excluding carboxylic acids is 1. The van der Waals surface area contributed by atoms with Crippen LogP contribution >= 0.6 is 0 Å². The molecular weight excluding hydrogens is 214 g/mol. The van der Waals surface area contributed by atoms with Crippen LogP contribution in [0.15, 0.2) is 24.3 Å². The molecule has 3 heteroatoms. The van der Waals surface area contributed by atoms with Crippen molar-refractivity contribution in [3.05, 3.63) is 35.4 Å². The predicted molar refractivity (Wildman–Crippen MR) is 68.9 cm³/mol. The van der Waals surface area contributed by atoms with E-state index < -0.39 is 0 Å². The maximum absolute atomic E-state index is 11.4. The molecule has 0 radical (unpaired) electrons. The number of esters is 1. The molecule has 1 rings (SSSR count). The third-order valence-corrected chi connectivity index (χ3v) is 3.28. The lowest BCUT2D eigenvalue weighted by molar-refractivity contribution is -0.142.